The first-order chi connectivity index (χ1) is 13.1. The third-order valence-corrected chi connectivity index (χ3v) is 4.72. The minimum atomic E-state index is -0.0525. The van der Waals surface area contributed by atoms with Crippen molar-refractivity contribution in [3.63, 3.8) is 0 Å². The first-order valence-corrected chi connectivity index (χ1v) is 9.04. The van der Waals surface area contributed by atoms with Crippen LogP contribution in [-0.2, 0) is 4.79 Å². The lowest BCUT2D eigenvalue weighted by Crippen LogP contribution is -2.50. The Morgan fingerprint density at radius 1 is 0.926 bits per heavy atom. The van der Waals surface area contributed by atoms with E-state index in [0.717, 1.165) is 16.9 Å². The number of carbonyl (C=O) groups is 2. The van der Waals surface area contributed by atoms with Gasteiger partial charge in [-0.3, -0.25) is 9.59 Å². The number of hydrogen-bond donors (Lipinski definition) is 0. The van der Waals surface area contributed by atoms with Crippen molar-refractivity contribution >= 4 is 17.9 Å². The number of para-hydroxylation sites is 1. The van der Waals surface area contributed by atoms with Gasteiger partial charge in [-0.05, 0) is 31.2 Å². The zero-order valence-electron chi connectivity index (χ0n) is 15.7. The van der Waals surface area contributed by atoms with Gasteiger partial charge in [0.2, 0.25) is 5.91 Å². The van der Waals surface area contributed by atoms with Gasteiger partial charge in [-0.2, -0.15) is 0 Å². The monoisotopic (exact) mass is 364 g/mol. The number of amides is 2. The molecule has 1 fully saturated rings. The van der Waals surface area contributed by atoms with Crippen molar-refractivity contribution < 1.29 is 14.3 Å². The Morgan fingerprint density at radius 3 is 2.22 bits per heavy atom. The summed E-state index contributed by atoms with van der Waals surface area (Å²) in [6.45, 7) is 4.15. The highest BCUT2D eigenvalue weighted by Gasteiger charge is 2.23. The van der Waals surface area contributed by atoms with Gasteiger partial charge in [-0.25, -0.2) is 0 Å². The Hall–Kier alpha value is -3.08. The number of rotatable bonds is 4. The normalized spacial score (nSPS) is 14.4. The molecule has 5 nitrogen and oxygen atoms in total. The second-order valence-electron chi connectivity index (χ2n) is 6.56. The van der Waals surface area contributed by atoms with Crippen molar-refractivity contribution in [1.29, 1.82) is 0 Å². The Morgan fingerprint density at radius 2 is 1.56 bits per heavy atom. The van der Waals surface area contributed by atoms with Crippen LogP contribution in [0.4, 0.5) is 0 Å². The Labute approximate surface area is 159 Å². The summed E-state index contributed by atoms with van der Waals surface area (Å²) in [6, 6.07) is 15.1. The van der Waals surface area contributed by atoms with E-state index in [2.05, 4.69) is 0 Å². The molecule has 1 aliphatic rings. The maximum absolute atomic E-state index is 12.6. The van der Waals surface area contributed by atoms with E-state index in [4.69, 9.17) is 4.74 Å². The fourth-order valence-electron chi connectivity index (χ4n) is 3.08. The largest absolute Gasteiger partial charge is 0.496 e. The van der Waals surface area contributed by atoms with Gasteiger partial charge in [-0.1, -0.05) is 35.9 Å². The smallest absolute Gasteiger partial charge is 0.253 e. The van der Waals surface area contributed by atoms with Crippen molar-refractivity contribution in [1.82, 2.24) is 9.80 Å². The van der Waals surface area contributed by atoms with Gasteiger partial charge in [0, 0.05) is 43.4 Å². The number of piperazine rings is 1. The molecular weight excluding hydrogens is 340 g/mol. The summed E-state index contributed by atoms with van der Waals surface area (Å²) in [7, 11) is 1.61. The summed E-state index contributed by atoms with van der Waals surface area (Å²) in [6.07, 6.45) is 3.33. The molecule has 3 rings (SSSR count). The van der Waals surface area contributed by atoms with Crippen molar-refractivity contribution in [2.45, 2.75) is 6.92 Å². The number of aryl methyl sites for hydroxylation is 1. The summed E-state index contributed by atoms with van der Waals surface area (Å²) in [5, 5.41) is 0. The standard InChI is InChI=1S/C22H24N2O3/c1-17-7-9-19(10-8-17)22(26)24-15-13-23(14-16-24)21(25)12-11-18-5-3-4-6-20(18)27-2/h3-12H,13-16H2,1-2H3/b12-11+. The summed E-state index contributed by atoms with van der Waals surface area (Å²) in [5.74, 6) is 0.699. The SMILES string of the molecule is COc1ccccc1/C=C/C(=O)N1CCN(C(=O)c2ccc(C)cc2)CC1. The first kappa shape index (κ1) is 18.7. The van der Waals surface area contributed by atoms with Crippen molar-refractivity contribution in [3.05, 3.63) is 71.3 Å². The van der Waals surface area contributed by atoms with Gasteiger partial charge in [-0.15, -0.1) is 0 Å². The van der Waals surface area contributed by atoms with Crippen LogP contribution in [0.5, 0.6) is 5.75 Å². The predicted octanol–water partition coefficient (Wildman–Crippen LogP) is 3.00. The van der Waals surface area contributed by atoms with Gasteiger partial charge in [0.1, 0.15) is 5.75 Å². The highest BCUT2D eigenvalue weighted by Crippen LogP contribution is 2.19. The van der Waals surface area contributed by atoms with E-state index in [0.29, 0.717) is 31.7 Å². The second kappa shape index (κ2) is 8.54. The van der Waals surface area contributed by atoms with Crippen LogP contribution in [0, 0.1) is 6.92 Å². The molecule has 0 spiro atoms. The molecule has 0 radical (unpaired) electrons. The molecule has 1 saturated heterocycles. The van der Waals surface area contributed by atoms with Crippen LogP contribution in [0.1, 0.15) is 21.5 Å². The number of methoxy groups -OCH3 is 1. The first-order valence-electron chi connectivity index (χ1n) is 9.04. The second-order valence-corrected chi connectivity index (χ2v) is 6.56. The molecule has 1 heterocycles. The van der Waals surface area contributed by atoms with Crippen LogP contribution in [-0.4, -0.2) is 54.9 Å². The quantitative estimate of drug-likeness (QED) is 0.784. The molecule has 1 aliphatic heterocycles. The van der Waals surface area contributed by atoms with Crippen LogP contribution in [0.25, 0.3) is 6.08 Å². The van der Waals surface area contributed by atoms with Gasteiger partial charge in [0.25, 0.3) is 5.91 Å². The maximum atomic E-state index is 12.6. The Kier molecular flexibility index (Phi) is 5.91. The zero-order valence-corrected chi connectivity index (χ0v) is 15.7. The molecule has 0 N–H and O–H groups in total. The molecule has 0 bridgehead atoms. The zero-order chi connectivity index (χ0) is 19.2. The minimum absolute atomic E-state index is 0.0201. The van der Waals surface area contributed by atoms with Crippen molar-refractivity contribution in [3.8, 4) is 5.75 Å². The summed E-state index contributed by atoms with van der Waals surface area (Å²) in [5.41, 5.74) is 2.68. The fraction of sp³-hybridized carbons (Fsp3) is 0.273. The van der Waals surface area contributed by atoms with Crippen molar-refractivity contribution in [2.24, 2.45) is 0 Å². The fourth-order valence-corrected chi connectivity index (χ4v) is 3.08. The molecule has 2 aromatic rings. The predicted molar refractivity (Wildman–Crippen MR) is 106 cm³/mol. The van der Waals surface area contributed by atoms with Crippen LogP contribution >= 0.6 is 0 Å². The summed E-state index contributed by atoms with van der Waals surface area (Å²) in [4.78, 5) is 28.6. The third kappa shape index (κ3) is 4.56. The maximum Gasteiger partial charge on any atom is 0.253 e. The number of carbonyl (C=O) groups excluding carboxylic acids is 2. The van der Waals surface area contributed by atoms with Gasteiger partial charge in [0.05, 0.1) is 7.11 Å². The lowest BCUT2D eigenvalue weighted by Gasteiger charge is -2.34. The van der Waals surface area contributed by atoms with E-state index in [1.165, 1.54) is 0 Å². The van der Waals surface area contributed by atoms with E-state index in [1.54, 1.807) is 29.1 Å². The highest BCUT2D eigenvalue weighted by molar-refractivity contribution is 5.95. The minimum Gasteiger partial charge on any atom is -0.496 e. The van der Waals surface area contributed by atoms with Gasteiger partial charge < -0.3 is 14.5 Å². The molecule has 0 aliphatic carbocycles. The van der Waals surface area contributed by atoms with Crippen molar-refractivity contribution in [2.75, 3.05) is 33.3 Å². The Balaban J connectivity index is 1.57. The summed E-state index contributed by atoms with van der Waals surface area (Å²) < 4.78 is 5.29. The molecule has 140 valence electrons. The molecule has 2 amide bonds. The topological polar surface area (TPSA) is 49.9 Å². The van der Waals surface area contributed by atoms with Gasteiger partial charge in [0.15, 0.2) is 0 Å². The molecule has 0 atom stereocenters. The van der Waals surface area contributed by atoms with E-state index in [-0.39, 0.29) is 11.8 Å². The van der Waals surface area contributed by atoms with Crippen LogP contribution in [0.15, 0.2) is 54.6 Å². The third-order valence-electron chi connectivity index (χ3n) is 4.72. The van der Waals surface area contributed by atoms with Gasteiger partial charge >= 0.3 is 0 Å². The average molecular weight is 364 g/mol. The van der Waals surface area contributed by atoms with Crippen LogP contribution in [0.3, 0.4) is 0 Å². The molecule has 2 aromatic carbocycles. The van der Waals surface area contributed by atoms with E-state index < -0.39 is 0 Å². The average Bonchev–Trinajstić information content (AvgIpc) is 2.72. The lowest BCUT2D eigenvalue weighted by atomic mass is 10.1. The van der Waals surface area contributed by atoms with E-state index in [9.17, 15) is 9.59 Å². The van der Waals surface area contributed by atoms with E-state index >= 15 is 0 Å². The number of hydrogen-bond acceptors (Lipinski definition) is 3. The van der Waals surface area contributed by atoms with Crippen LogP contribution in [0.2, 0.25) is 0 Å². The molecule has 0 aromatic heterocycles. The van der Waals surface area contributed by atoms with Crippen LogP contribution < -0.4 is 4.74 Å². The molecule has 0 unspecified atom stereocenters. The Bertz CT molecular complexity index is 835. The van der Waals surface area contributed by atoms with E-state index in [1.807, 2.05) is 55.5 Å². The highest BCUT2D eigenvalue weighted by atomic mass is 16.5. The molecule has 27 heavy (non-hydrogen) atoms. The number of ether oxygens (including phenoxy) is 1. The summed E-state index contributed by atoms with van der Waals surface area (Å²) >= 11 is 0. The molecule has 0 saturated carbocycles. The number of benzene rings is 2. The lowest BCUT2D eigenvalue weighted by molar-refractivity contribution is -0.127. The molecule has 5 heteroatoms. The molecular formula is C22H24N2O3. The number of nitrogens with zero attached hydrogens (tertiary/aromatic N) is 2.